The summed E-state index contributed by atoms with van der Waals surface area (Å²) in [5.41, 5.74) is 4.04. The van der Waals surface area contributed by atoms with Gasteiger partial charge in [-0.05, 0) is 72.9 Å². The minimum Gasteiger partial charge on any atom is -0.370 e. The number of aromatic nitrogens is 1. The van der Waals surface area contributed by atoms with Crippen molar-refractivity contribution in [2.45, 2.75) is 31.7 Å². The summed E-state index contributed by atoms with van der Waals surface area (Å²) in [5.74, 6) is -1.23. The Bertz CT molecular complexity index is 1560. The molecule has 40 heavy (non-hydrogen) atoms. The number of amides is 1. The van der Waals surface area contributed by atoms with Crippen LogP contribution >= 0.6 is 11.6 Å². The van der Waals surface area contributed by atoms with E-state index in [1.54, 1.807) is 38.4 Å². The van der Waals surface area contributed by atoms with Crippen LogP contribution in [0.2, 0.25) is 5.02 Å². The SMILES string of the molecule is Cc1cnccc1-c1cccc(C(C)N(CCOCC(=O)NCCS(=O)(=O)O)S(=O)(=O)c2cccc(Cl)c2C)c1. The van der Waals surface area contributed by atoms with Crippen molar-refractivity contribution in [2.24, 2.45) is 0 Å². The molecule has 0 aliphatic carbocycles. The summed E-state index contributed by atoms with van der Waals surface area (Å²) >= 11 is 6.25. The number of pyridine rings is 1. The number of nitrogens with one attached hydrogen (secondary N) is 1. The first kappa shape index (κ1) is 31.7. The molecule has 2 aromatic carbocycles. The fourth-order valence-electron chi connectivity index (χ4n) is 4.13. The third-order valence-corrected chi connectivity index (χ3v) is 9.55. The number of hydrogen-bond donors (Lipinski definition) is 2. The maximum Gasteiger partial charge on any atom is 0.266 e. The zero-order chi connectivity index (χ0) is 29.5. The van der Waals surface area contributed by atoms with Crippen LogP contribution in [-0.2, 0) is 29.7 Å². The number of rotatable bonds is 13. The summed E-state index contributed by atoms with van der Waals surface area (Å²) in [6.07, 6.45) is 3.47. The summed E-state index contributed by atoms with van der Waals surface area (Å²) in [4.78, 5) is 16.2. The largest absolute Gasteiger partial charge is 0.370 e. The number of benzene rings is 2. The number of carbonyl (C=O) groups excluding carboxylic acids is 1. The van der Waals surface area contributed by atoms with Gasteiger partial charge < -0.3 is 10.1 Å². The van der Waals surface area contributed by atoms with E-state index in [4.69, 9.17) is 20.9 Å². The van der Waals surface area contributed by atoms with Gasteiger partial charge in [0.05, 0.1) is 17.3 Å². The normalized spacial score (nSPS) is 12.8. The Morgan fingerprint density at radius 2 is 1.85 bits per heavy atom. The van der Waals surface area contributed by atoms with Gasteiger partial charge in [0.1, 0.15) is 6.61 Å². The van der Waals surface area contributed by atoms with Crippen LogP contribution in [0.4, 0.5) is 0 Å². The van der Waals surface area contributed by atoms with Gasteiger partial charge >= 0.3 is 0 Å². The van der Waals surface area contributed by atoms with Crippen LogP contribution in [0.3, 0.4) is 0 Å². The highest BCUT2D eigenvalue weighted by Gasteiger charge is 2.31. The van der Waals surface area contributed by atoms with Gasteiger partial charge in [-0.3, -0.25) is 14.3 Å². The molecule has 3 rings (SSSR count). The van der Waals surface area contributed by atoms with Crippen LogP contribution in [0.25, 0.3) is 11.1 Å². The van der Waals surface area contributed by atoms with E-state index in [-0.39, 0.29) is 24.6 Å². The summed E-state index contributed by atoms with van der Waals surface area (Å²) < 4.78 is 65.0. The Balaban J connectivity index is 1.84. The smallest absolute Gasteiger partial charge is 0.266 e. The van der Waals surface area contributed by atoms with Crippen molar-refractivity contribution in [3.05, 3.63) is 82.6 Å². The standard InChI is InChI=1S/C27H32ClN3O7S2/c1-19-17-29-11-10-24(19)23-7-4-6-22(16-23)21(3)31(40(36,37)26-9-5-8-25(28)20(26)2)13-14-38-18-27(32)30-12-15-39(33,34)35/h4-11,16-17,21H,12-15,18H2,1-3H3,(H,30,32)(H,33,34,35). The van der Waals surface area contributed by atoms with Crippen molar-refractivity contribution >= 4 is 37.6 Å². The minimum atomic E-state index is -4.21. The lowest BCUT2D eigenvalue weighted by molar-refractivity contribution is -0.125. The number of halogens is 1. The number of sulfonamides is 1. The van der Waals surface area contributed by atoms with E-state index in [9.17, 15) is 21.6 Å². The van der Waals surface area contributed by atoms with E-state index in [1.165, 1.54) is 10.4 Å². The minimum absolute atomic E-state index is 0.0657. The third kappa shape index (κ3) is 8.32. The van der Waals surface area contributed by atoms with Crippen LogP contribution in [0, 0.1) is 13.8 Å². The quantitative estimate of drug-likeness (QED) is 0.220. The van der Waals surface area contributed by atoms with Crippen LogP contribution in [0.1, 0.15) is 29.7 Å². The van der Waals surface area contributed by atoms with Crippen molar-refractivity contribution < 1.29 is 30.9 Å². The van der Waals surface area contributed by atoms with Gasteiger partial charge in [-0.25, -0.2) is 8.42 Å². The molecule has 1 heterocycles. The van der Waals surface area contributed by atoms with Crippen LogP contribution in [-0.4, -0.2) is 68.6 Å². The van der Waals surface area contributed by atoms with Crippen molar-refractivity contribution in [3.63, 3.8) is 0 Å². The molecule has 10 nitrogen and oxygen atoms in total. The topological polar surface area (TPSA) is 143 Å². The fraction of sp³-hybridized carbons (Fsp3) is 0.333. The molecule has 0 saturated carbocycles. The Labute approximate surface area is 240 Å². The van der Waals surface area contributed by atoms with E-state index >= 15 is 0 Å². The van der Waals surface area contributed by atoms with Crippen LogP contribution < -0.4 is 5.32 Å². The van der Waals surface area contributed by atoms with E-state index in [1.807, 2.05) is 37.3 Å². The molecule has 0 fully saturated rings. The number of carbonyl (C=O) groups is 1. The van der Waals surface area contributed by atoms with Crippen molar-refractivity contribution in [1.29, 1.82) is 0 Å². The zero-order valence-electron chi connectivity index (χ0n) is 22.4. The molecule has 1 aromatic heterocycles. The lowest BCUT2D eigenvalue weighted by Crippen LogP contribution is -2.37. The van der Waals surface area contributed by atoms with Gasteiger partial charge in [0.25, 0.3) is 10.1 Å². The van der Waals surface area contributed by atoms with Gasteiger partial charge in [0.15, 0.2) is 0 Å². The van der Waals surface area contributed by atoms with Crippen molar-refractivity contribution in [3.8, 4) is 11.1 Å². The molecule has 1 amide bonds. The maximum atomic E-state index is 13.9. The highest BCUT2D eigenvalue weighted by Crippen LogP contribution is 2.33. The Morgan fingerprint density at radius 1 is 1.12 bits per heavy atom. The molecule has 1 unspecified atom stereocenters. The van der Waals surface area contributed by atoms with Gasteiger partial charge in [0, 0.05) is 36.5 Å². The summed E-state index contributed by atoms with van der Waals surface area (Å²) in [5, 5.41) is 2.64. The molecule has 1 atom stereocenters. The molecular formula is C27H32ClN3O7S2. The van der Waals surface area contributed by atoms with E-state index in [0.717, 1.165) is 22.3 Å². The van der Waals surface area contributed by atoms with Gasteiger partial charge in [-0.2, -0.15) is 12.7 Å². The fourth-order valence-corrected chi connectivity index (χ4v) is 6.58. The van der Waals surface area contributed by atoms with Crippen molar-refractivity contribution in [1.82, 2.24) is 14.6 Å². The summed E-state index contributed by atoms with van der Waals surface area (Å²) in [6, 6.07) is 13.6. The lowest BCUT2D eigenvalue weighted by Gasteiger charge is -2.29. The molecule has 0 aliphatic heterocycles. The monoisotopic (exact) mass is 609 g/mol. The molecule has 0 radical (unpaired) electrons. The summed E-state index contributed by atoms with van der Waals surface area (Å²) in [7, 11) is -8.26. The van der Waals surface area contributed by atoms with E-state index < -0.39 is 44.5 Å². The highest BCUT2D eigenvalue weighted by molar-refractivity contribution is 7.89. The lowest BCUT2D eigenvalue weighted by atomic mass is 9.98. The Kier molecular flexibility index (Phi) is 10.8. The summed E-state index contributed by atoms with van der Waals surface area (Å²) in [6.45, 7) is 4.48. The number of ether oxygens (including phenoxy) is 1. The zero-order valence-corrected chi connectivity index (χ0v) is 24.8. The second kappa shape index (κ2) is 13.7. The van der Waals surface area contributed by atoms with E-state index in [2.05, 4.69) is 10.3 Å². The highest BCUT2D eigenvalue weighted by atomic mass is 35.5. The van der Waals surface area contributed by atoms with Crippen LogP contribution in [0.15, 0.2) is 65.8 Å². The van der Waals surface area contributed by atoms with Gasteiger partial charge in [-0.1, -0.05) is 35.9 Å². The number of hydrogen-bond acceptors (Lipinski definition) is 7. The number of aryl methyl sites for hydroxylation is 1. The molecule has 0 spiro atoms. The molecule has 13 heteroatoms. The first-order chi connectivity index (χ1) is 18.8. The average Bonchev–Trinajstić information content (AvgIpc) is 2.89. The molecule has 216 valence electrons. The molecular weight excluding hydrogens is 578 g/mol. The number of nitrogens with zero attached hydrogens (tertiary/aromatic N) is 2. The molecule has 3 aromatic rings. The van der Waals surface area contributed by atoms with Crippen LogP contribution in [0.5, 0.6) is 0 Å². The van der Waals surface area contributed by atoms with Gasteiger partial charge in [-0.15, -0.1) is 0 Å². The maximum absolute atomic E-state index is 13.9. The predicted octanol–water partition coefficient (Wildman–Crippen LogP) is 3.79. The molecule has 2 N–H and O–H groups in total. The van der Waals surface area contributed by atoms with Gasteiger partial charge in [0.2, 0.25) is 15.9 Å². The third-order valence-electron chi connectivity index (χ3n) is 6.31. The Hall–Kier alpha value is -2.87. The average molecular weight is 610 g/mol. The molecule has 0 aliphatic rings. The second-order valence-electron chi connectivity index (χ2n) is 9.16. The van der Waals surface area contributed by atoms with Crippen molar-refractivity contribution in [2.75, 3.05) is 32.1 Å². The second-order valence-corrected chi connectivity index (χ2v) is 13.0. The Morgan fingerprint density at radius 3 is 2.55 bits per heavy atom. The molecule has 0 saturated heterocycles. The predicted molar refractivity (Wildman–Crippen MR) is 153 cm³/mol. The van der Waals surface area contributed by atoms with E-state index in [0.29, 0.717) is 10.6 Å². The first-order valence-electron chi connectivity index (χ1n) is 12.4. The first-order valence-corrected chi connectivity index (χ1v) is 15.8. The molecule has 0 bridgehead atoms.